The van der Waals surface area contributed by atoms with Gasteiger partial charge in [-0.1, -0.05) is 12.1 Å². The molecule has 0 bridgehead atoms. The molecule has 0 atom stereocenters. The molecule has 1 amide bonds. The van der Waals surface area contributed by atoms with Crippen LogP contribution in [0.1, 0.15) is 34.8 Å². The Labute approximate surface area is 152 Å². The van der Waals surface area contributed by atoms with Gasteiger partial charge in [0.05, 0.1) is 7.11 Å². The Hall–Kier alpha value is -2.96. The maximum atomic E-state index is 12.2. The summed E-state index contributed by atoms with van der Waals surface area (Å²) in [5.41, 5.74) is 3.95. The third-order valence-corrected chi connectivity index (χ3v) is 4.41. The lowest BCUT2D eigenvalue weighted by Crippen LogP contribution is -2.23. The second-order valence-corrected chi connectivity index (χ2v) is 6.26. The molecule has 0 saturated heterocycles. The summed E-state index contributed by atoms with van der Waals surface area (Å²) in [4.78, 5) is 21.0. The summed E-state index contributed by atoms with van der Waals surface area (Å²) >= 11 is 0. The predicted molar refractivity (Wildman–Crippen MR) is 98.2 cm³/mol. The van der Waals surface area contributed by atoms with Gasteiger partial charge in [-0.3, -0.25) is 4.79 Å². The average molecular weight is 353 g/mol. The first kappa shape index (κ1) is 17.8. The highest BCUT2D eigenvalue weighted by atomic mass is 16.5. The van der Waals surface area contributed by atoms with Crippen molar-refractivity contribution in [3.05, 3.63) is 52.6 Å². The van der Waals surface area contributed by atoms with E-state index < -0.39 is 0 Å². The van der Waals surface area contributed by atoms with Crippen LogP contribution in [-0.2, 0) is 17.8 Å². The number of fused-ring (bicyclic) bond motifs is 1. The smallest absolute Gasteiger partial charge is 0.252 e. The number of methoxy groups -OCH3 is 1. The summed E-state index contributed by atoms with van der Waals surface area (Å²) < 4.78 is 6.87. The third kappa shape index (κ3) is 3.82. The Morgan fingerprint density at radius 2 is 1.88 bits per heavy atom. The normalized spacial score (nSPS) is 10.9. The summed E-state index contributed by atoms with van der Waals surface area (Å²) in [6, 6.07) is 7.65. The van der Waals surface area contributed by atoms with Crippen LogP contribution in [0.4, 0.5) is 0 Å². The maximum Gasteiger partial charge on any atom is 0.252 e. The second-order valence-electron chi connectivity index (χ2n) is 6.26. The van der Waals surface area contributed by atoms with Crippen LogP contribution in [0, 0.1) is 20.8 Å². The molecule has 1 N–H and O–H groups in total. The molecule has 0 aliphatic carbocycles. The second kappa shape index (κ2) is 7.51. The number of nitrogens with zero attached hydrogens (tertiary/aromatic N) is 4. The number of hydrogen-bond acceptors (Lipinski definition) is 5. The summed E-state index contributed by atoms with van der Waals surface area (Å²) in [5.74, 6) is 2.10. The van der Waals surface area contributed by atoms with E-state index in [1.165, 1.54) is 0 Å². The minimum atomic E-state index is 0.00878. The fourth-order valence-corrected chi connectivity index (χ4v) is 2.94. The van der Waals surface area contributed by atoms with Gasteiger partial charge in [-0.15, -0.1) is 0 Å². The topological polar surface area (TPSA) is 81.4 Å². The highest BCUT2D eigenvalue weighted by Gasteiger charge is 2.13. The molecule has 136 valence electrons. The summed E-state index contributed by atoms with van der Waals surface area (Å²) in [7, 11) is 1.63. The van der Waals surface area contributed by atoms with E-state index in [1.807, 2.05) is 45.0 Å². The minimum Gasteiger partial charge on any atom is -0.497 e. The molecule has 0 radical (unpaired) electrons. The van der Waals surface area contributed by atoms with E-state index in [0.717, 1.165) is 28.3 Å². The Morgan fingerprint density at radius 1 is 1.15 bits per heavy atom. The van der Waals surface area contributed by atoms with Gasteiger partial charge in [0.25, 0.3) is 5.78 Å². The summed E-state index contributed by atoms with van der Waals surface area (Å²) in [5, 5.41) is 7.32. The van der Waals surface area contributed by atoms with Crippen LogP contribution < -0.4 is 10.1 Å². The quantitative estimate of drug-likeness (QED) is 0.735. The lowest BCUT2D eigenvalue weighted by molar-refractivity contribution is -0.121. The molecular weight excluding hydrogens is 330 g/mol. The van der Waals surface area contributed by atoms with E-state index in [9.17, 15) is 4.79 Å². The van der Waals surface area contributed by atoms with Crippen LogP contribution >= 0.6 is 0 Å². The zero-order valence-corrected chi connectivity index (χ0v) is 15.5. The van der Waals surface area contributed by atoms with Crippen molar-refractivity contribution in [2.75, 3.05) is 7.11 Å². The van der Waals surface area contributed by atoms with Crippen molar-refractivity contribution in [1.29, 1.82) is 0 Å². The zero-order valence-electron chi connectivity index (χ0n) is 15.5. The Bertz CT molecular complexity index is 931. The van der Waals surface area contributed by atoms with Gasteiger partial charge >= 0.3 is 0 Å². The van der Waals surface area contributed by atoms with Gasteiger partial charge < -0.3 is 10.1 Å². The maximum absolute atomic E-state index is 12.2. The van der Waals surface area contributed by atoms with E-state index in [0.29, 0.717) is 31.0 Å². The van der Waals surface area contributed by atoms with E-state index in [2.05, 4.69) is 20.4 Å². The molecule has 0 aliphatic rings. The number of nitrogens with one attached hydrogen (secondary N) is 1. The number of carbonyl (C=O) groups excluding carboxylic acids is 1. The first-order chi connectivity index (χ1) is 12.5. The average Bonchev–Trinajstić information content (AvgIpc) is 3.00. The van der Waals surface area contributed by atoms with E-state index in [1.54, 1.807) is 11.6 Å². The molecule has 0 fully saturated rings. The molecule has 3 aromatic rings. The standard InChI is InChI=1S/C19H23N5O2/c1-12-17(13(2)24-19(21-12)22-14(3)23-24)9-10-18(25)20-11-15-5-7-16(26-4)8-6-15/h5-8H,9-11H2,1-4H3,(H,20,25). The molecule has 7 nitrogen and oxygen atoms in total. The van der Waals surface area contributed by atoms with Crippen LogP contribution in [-0.4, -0.2) is 32.6 Å². The molecule has 0 unspecified atom stereocenters. The fourth-order valence-electron chi connectivity index (χ4n) is 2.94. The van der Waals surface area contributed by atoms with Crippen molar-refractivity contribution >= 4 is 11.7 Å². The number of ether oxygens (including phenoxy) is 1. The fraction of sp³-hybridized carbons (Fsp3) is 0.368. The highest BCUT2D eigenvalue weighted by molar-refractivity contribution is 5.76. The van der Waals surface area contributed by atoms with Crippen molar-refractivity contribution in [1.82, 2.24) is 24.9 Å². The summed E-state index contributed by atoms with van der Waals surface area (Å²) in [6.45, 7) is 6.28. The molecule has 0 saturated carbocycles. The van der Waals surface area contributed by atoms with Crippen LogP contribution in [0.15, 0.2) is 24.3 Å². The Balaban J connectivity index is 1.61. The van der Waals surface area contributed by atoms with Crippen LogP contribution in [0.5, 0.6) is 5.75 Å². The summed E-state index contributed by atoms with van der Waals surface area (Å²) in [6.07, 6.45) is 1.02. The van der Waals surface area contributed by atoms with Crippen molar-refractivity contribution in [3.63, 3.8) is 0 Å². The van der Waals surface area contributed by atoms with Gasteiger partial charge in [0.1, 0.15) is 11.6 Å². The van der Waals surface area contributed by atoms with Gasteiger partial charge in [-0.25, -0.2) is 9.50 Å². The van der Waals surface area contributed by atoms with Gasteiger partial charge in [-0.2, -0.15) is 10.1 Å². The van der Waals surface area contributed by atoms with Crippen molar-refractivity contribution in [3.8, 4) is 5.75 Å². The SMILES string of the molecule is COc1ccc(CNC(=O)CCc2c(C)nc3nc(C)nn3c2C)cc1. The lowest BCUT2D eigenvalue weighted by atomic mass is 10.1. The number of rotatable bonds is 6. The van der Waals surface area contributed by atoms with Crippen molar-refractivity contribution in [2.24, 2.45) is 0 Å². The lowest BCUT2D eigenvalue weighted by Gasteiger charge is -2.11. The molecule has 1 aromatic carbocycles. The highest BCUT2D eigenvalue weighted by Crippen LogP contribution is 2.16. The van der Waals surface area contributed by atoms with Crippen LogP contribution in [0.2, 0.25) is 0 Å². The van der Waals surface area contributed by atoms with Gasteiger partial charge in [0.15, 0.2) is 0 Å². The molecule has 26 heavy (non-hydrogen) atoms. The molecule has 3 rings (SSSR count). The molecular formula is C19H23N5O2. The largest absolute Gasteiger partial charge is 0.497 e. The first-order valence-corrected chi connectivity index (χ1v) is 8.57. The molecule has 2 aromatic heterocycles. The number of carbonyl (C=O) groups is 1. The number of hydrogen-bond donors (Lipinski definition) is 1. The van der Waals surface area contributed by atoms with E-state index >= 15 is 0 Å². The van der Waals surface area contributed by atoms with E-state index in [4.69, 9.17) is 4.74 Å². The number of benzene rings is 1. The van der Waals surface area contributed by atoms with Crippen LogP contribution in [0.25, 0.3) is 5.78 Å². The van der Waals surface area contributed by atoms with Crippen LogP contribution in [0.3, 0.4) is 0 Å². The number of aromatic nitrogens is 4. The van der Waals surface area contributed by atoms with Gasteiger partial charge in [0, 0.05) is 24.4 Å². The first-order valence-electron chi connectivity index (χ1n) is 8.57. The minimum absolute atomic E-state index is 0.00878. The Morgan fingerprint density at radius 3 is 2.58 bits per heavy atom. The third-order valence-electron chi connectivity index (χ3n) is 4.41. The molecule has 0 aliphatic heterocycles. The monoisotopic (exact) mass is 353 g/mol. The predicted octanol–water partition coefficient (Wildman–Crippen LogP) is 2.31. The van der Waals surface area contributed by atoms with Crippen molar-refractivity contribution in [2.45, 2.75) is 40.2 Å². The molecule has 2 heterocycles. The van der Waals surface area contributed by atoms with E-state index in [-0.39, 0.29) is 5.91 Å². The molecule has 0 spiro atoms. The number of aryl methyl sites for hydroxylation is 3. The Kier molecular flexibility index (Phi) is 5.16. The van der Waals surface area contributed by atoms with Crippen molar-refractivity contribution < 1.29 is 9.53 Å². The number of amides is 1. The van der Waals surface area contributed by atoms with Gasteiger partial charge in [0.2, 0.25) is 5.91 Å². The van der Waals surface area contributed by atoms with Gasteiger partial charge in [-0.05, 0) is 50.5 Å². The molecule has 7 heteroatoms. The zero-order chi connectivity index (χ0) is 18.7.